The van der Waals surface area contributed by atoms with E-state index in [1.807, 2.05) is 11.8 Å². The molecule has 1 aromatic carbocycles. The van der Waals surface area contributed by atoms with E-state index in [9.17, 15) is 0 Å². The Morgan fingerprint density at radius 1 is 1.44 bits per heavy atom. The number of nitrogens with zero attached hydrogens (tertiary/aromatic N) is 1. The Morgan fingerprint density at radius 3 is 3.19 bits per heavy atom. The Labute approximate surface area is 103 Å². The second kappa shape index (κ2) is 4.55. The van der Waals surface area contributed by atoms with Gasteiger partial charge in [0.1, 0.15) is 6.26 Å². The number of benzene rings is 1. The van der Waals surface area contributed by atoms with Crippen LogP contribution in [0.4, 0.5) is 0 Å². The zero-order valence-corrected chi connectivity index (χ0v) is 10.3. The number of hydrogen-bond donors (Lipinski definition) is 0. The summed E-state index contributed by atoms with van der Waals surface area (Å²) in [5, 5.41) is 1.42. The molecule has 0 N–H and O–H groups in total. The number of rotatable bonds is 3. The highest BCUT2D eigenvalue weighted by Gasteiger charge is 2.22. The van der Waals surface area contributed by atoms with E-state index in [0.717, 1.165) is 17.4 Å². The van der Waals surface area contributed by atoms with Crippen LogP contribution in [0.25, 0.3) is 0 Å². The molecule has 2 aromatic rings. The molecule has 0 aliphatic carbocycles. The van der Waals surface area contributed by atoms with E-state index in [1.54, 1.807) is 24.2 Å². The lowest BCUT2D eigenvalue weighted by atomic mass is 10.1. The van der Waals surface area contributed by atoms with Gasteiger partial charge < -0.3 is 4.42 Å². The highest BCUT2D eigenvalue weighted by Crippen LogP contribution is 2.38. The molecular weight excluding hydrogens is 238 g/mol. The molecule has 1 aliphatic rings. The third kappa shape index (κ3) is 2.13. The molecular formula is C12H11NOS2. The van der Waals surface area contributed by atoms with E-state index >= 15 is 0 Å². The van der Waals surface area contributed by atoms with E-state index in [1.165, 1.54) is 10.5 Å². The maximum Gasteiger partial charge on any atom is 0.255 e. The Hall–Kier alpha value is -0.870. The summed E-state index contributed by atoms with van der Waals surface area (Å²) >= 11 is 3.66. The summed E-state index contributed by atoms with van der Waals surface area (Å²) in [4.78, 5) is 5.54. The standard InChI is InChI=1S/C12H11NOS2/c1-2-4-11-9(3-1)7-10(16-11)8-15-12-13-5-6-14-12/h1-6,10H,7-8H2. The number of hydrogen-bond acceptors (Lipinski definition) is 4. The fourth-order valence-electron chi connectivity index (χ4n) is 1.79. The monoisotopic (exact) mass is 249 g/mol. The first-order valence-corrected chi connectivity index (χ1v) is 7.05. The molecule has 3 rings (SSSR count). The van der Waals surface area contributed by atoms with Crippen LogP contribution >= 0.6 is 23.5 Å². The summed E-state index contributed by atoms with van der Waals surface area (Å²) in [6.45, 7) is 0. The fraction of sp³-hybridized carbons (Fsp3) is 0.250. The lowest BCUT2D eigenvalue weighted by Crippen LogP contribution is -2.03. The molecule has 1 aliphatic heterocycles. The van der Waals surface area contributed by atoms with Crippen LogP contribution in [0, 0.1) is 0 Å². The van der Waals surface area contributed by atoms with Crippen molar-refractivity contribution in [3.8, 4) is 0 Å². The molecule has 2 nitrogen and oxygen atoms in total. The van der Waals surface area contributed by atoms with Crippen LogP contribution in [0.1, 0.15) is 5.56 Å². The summed E-state index contributed by atoms with van der Waals surface area (Å²) in [6.07, 6.45) is 4.48. The van der Waals surface area contributed by atoms with Crippen LogP contribution in [0.5, 0.6) is 0 Å². The zero-order chi connectivity index (χ0) is 10.8. The van der Waals surface area contributed by atoms with E-state index in [4.69, 9.17) is 4.42 Å². The van der Waals surface area contributed by atoms with Crippen molar-refractivity contribution < 1.29 is 4.42 Å². The van der Waals surface area contributed by atoms with Crippen LogP contribution < -0.4 is 0 Å². The number of fused-ring (bicyclic) bond motifs is 1. The molecule has 82 valence electrons. The average molecular weight is 249 g/mol. The van der Waals surface area contributed by atoms with Crippen molar-refractivity contribution in [2.75, 3.05) is 5.75 Å². The Bertz CT molecular complexity index is 445. The third-order valence-electron chi connectivity index (χ3n) is 2.52. The van der Waals surface area contributed by atoms with Crippen molar-refractivity contribution >= 4 is 23.5 Å². The van der Waals surface area contributed by atoms with Crippen LogP contribution in [-0.4, -0.2) is 16.0 Å². The third-order valence-corrected chi connectivity index (χ3v) is 5.06. The maximum absolute atomic E-state index is 5.21. The van der Waals surface area contributed by atoms with Gasteiger partial charge in [-0.3, -0.25) is 0 Å². The minimum Gasteiger partial charge on any atom is -0.440 e. The number of thioether (sulfide) groups is 2. The van der Waals surface area contributed by atoms with Gasteiger partial charge in [0.15, 0.2) is 0 Å². The van der Waals surface area contributed by atoms with Crippen LogP contribution in [0.3, 0.4) is 0 Å². The normalized spacial score (nSPS) is 18.6. The molecule has 0 saturated carbocycles. The second-order valence-electron chi connectivity index (χ2n) is 3.66. The van der Waals surface area contributed by atoms with Gasteiger partial charge in [0.05, 0.1) is 6.20 Å². The predicted molar refractivity (Wildman–Crippen MR) is 67.0 cm³/mol. The summed E-state index contributed by atoms with van der Waals surface area (Å²) in [5.74, 6) is 1.06. The lowest BCUT2D eigenvalue weighted by molar-refractivity contribution is 0.454. The molecule has 4 heteroatoms. The Kier molecular flexibility index (Phi) is 2.93. The van der Waals surface area contributed by atoms with Gasteiger partial charge in [-0.1, -0.05) is 30.0 Å². The van der Waals surface area contributed by atoms with Crippen molar-refractivity contribution in [2.45, 2.75) is 21.8 Å². The highest BCUT2D eigenvalue weighted by molar-refractivity contribution is 8.03. The second-order valence-corrected chi connectivity index (χ2v) is 5.97. The molecule has 16 heavy (non-hydrogen) atoms. The first kappa shape index (κ1) is 10.3. The number of aromatic nitrogens is 1. The molecule has 0 fully saturated rings. The van der Waals surface area contributed by atoms with Gasteiger partial charge in [-0.05, 0) is 18.1 Å². The van der Waals surface area contributed by atoms with Crippen molar-refractivity contribution in [1.29, 1.82) is 0 Å². The largest absolute Gasteiger partial charge is 0.440 e. The Morgan fingerprint density at radius 2 is 2.38 bits per heavy atom. The fourth-order valence-corrected chi connectivity index (χ4v) is 4.06. The van der Waals surface area contributed by atoms with Crippen molar-refractivity contribution in [3.63, 3.8) is 0 Å². The first-order chi connectivity index (χ1) is 7.92. The summed E-state index contributed by atoms with van der Waals surface area (Å²) in [5.41, 5.74) is 1.48. The minimum atomic E-state index is 0.647. The SMILES string of the molecule is c1ccc2c(c1)CC(CSc1ncco1)S2. The lowest BCUT2D eigenvalue weighted by Gasteiger charge is -2.04. The van der Waals surface area contributed by atoms with Gasteiger partial charge >= 0.3 is 0 Å². The van der Waals surface area contributed by atoms with Gasteiger partial charge in [0.25, 0.3) is 5.22 Å². The minimum absolute atomic E-state index is 0.647. The smallest absolute Gasteiger partial charge is 0.255 e. The first-order valence-electron chi connectivity index (χ1n) is 5.18. The number of oxazole rings is 1. The summed E-state index contributed by atoms with van der Waals surface area (Å²) in [6, 6.07) is 8.65. The summed E-state index contributed by atoms with van der Waals surface area (Å²) in [7, 11) is 0. The molecule has 1 aromatic heterocycles. The highest BCUT2D eigenvalue weighted by atomic mass is 32.2. The zero-order valence-electron chi connectivity index (χ0n) is 8.63. The van der Waals surface area contributed by atoms with E-state index in [-0.39, 0.29) is 0 Å². The maximum atomic E-state index is 5.21. The molecule has 0 bridgehead atoms. The van der Waals surface area contributed by atoms with Gasteiger partial charge in [-0.2, -0.15) is 0 Å². The molecule has 0 amide bonds. The topological polar surface area (TPSA) is 26.0 Å². The average Bonchev–Trinajstić information content (AvgIpc) is 2.95. The van der Waals surface area contributed by atoms with E-state index in [0.29, 0.717) is 5.25 Å². The predicted octanol–water partition coefficient (Wildman–Crippen LogP) is 3.48. The molecule has 1 atom stereocenters. The summed E-state index contributed by atoms with van der Waals surface area (Å²) < 4.78 is 5.21. The van der Waals surface area contributed by atoms with Crippen molar-refractivity contribution in [2.24, 2.45) is 0 Å². The van der Waals surface area contributed by atoms with Crippen molar-refractivity contribution in [1.82, 2.24) is 4.98 Å². The van der Waals surface area contributed by atoms with Gasteiger partial charge in [0.2, 0.25) is 0 Å². The van der Waals surface area contributed by atoms with Crippen LogP contribution in [-0.2, 0) is 6.42 Å². The molecule has 1 unspecified atom stereocenters. The quantitative estimate of drug-likeness (QED) is 0.778. The molecule has 0 saturated heterocycles. The molecule has 0 radical (unpaired) electrons. The van der Waals surface area contributed by atoms with Gasteiger partial charge in [-0.25, -0.2) is 4.98 Å². The molecule has 2 heterocycles. The van der Waals surface area contributed by atoms with Crippen molar-refractivity contribution in [3.05, 3.63) is 42.3 Å². The van der Waals surface area contributed by atoms with Crippen LogP contribution in [0.2, 0.25) is 0 Å². The van der Waals surface area contributed by atoms with E-state index < -0.39 is 0 Å². The van der Waals surface area contributed by atoms with E-state index in [2.05, 4.69) is 29.2 Å². The molecule has 0 spiro atoms. The van der Waals surface area contributed by atoms with Gasteiger partial charge in [-0.15, -0.1) is 11.8 Å². The van der Waals surface area contributed by atoms with Crippen LogP contribution in [0.15, 0.2) is 51.3 Å². The Balaban J connectivity index is 1.60. The van der Waals surface area contributed by atoms with Gasteiger partial charge in [0, 0.05) is 15.9 Å².